The lowest BCUT2D eigenvalue weighted by atomic mass is 10.1. The molecule has 8 heteroatoms. The maximum absolute atomic E-state index is 13.1. The van der Waals surface area contributed by atoms with Crippen LogP contribution in [0.1, 0.15) is 21.6 Å². The van der Waals surface area contributed by atoms with Gasteiger partial charge in [0.05, 0.1) is 22.5 Å². The van der Waals surface area contributed by atoms with Crippen molar-refractivity contribution in [1.29, 1.82) is 0 Å². The van der Waals surface area contributed by atoms with Crippen LogP contribution >= 0.6 is 11.6 Å². The fourth-order valence-corrected chi connectivity index (χ4v) is 2.69. The van der Waals surface area contributed by atoms with Crippen LogP contribution in [0.2, 0.25) is 5.02 Å². The Labute approximate surface area is 152 Å². The number of anilines is 1. The second-order valence-electron chi connectivity index (χ2n) is 5.56. The van der Waals surface area contributed by atoms with Crippen LogP contribution in [0.3, 0.4) is 0 Å². The van der Waals surface area contributed by atoms with E-state index in [1.54, 1.807) is 37.3 Å². The predicted molar refractivity (Wildman–Crippen MR) is 92.7 cm³/mol. The smallest absolute Gasteiger partial charge is 0.306 e. The Hall–Kier alpha value is -2.80. The van der Waals surface area contributed by atoms with Gasteiger partial charge < -0.3 is 5.32 Å². The number of carbonyl (C=O) groups is 1. The van der Waals surface area contributed by atoms with E-state index < -0.39 is 23.2 Å². The zero-order valence-electron chi connectivity index (χ0n) is 13.5. The van der Waals surface area contributed by atoms with E-state index in [0.717, 1.165) is 12.1 Å². The summed E-state index contributed by atoms with van der Waals surface area (Å²) in [4.78, 5) is 12.5. The van der Waals surface area contributed by atoms with Gasteiger partial charge in [0.15, 0.2) is 0 Å². The van der Waals surface area contributed by atoms with Crippen LogP contribution in [0.5, 0.6) is 0 Å². The lowest BCUT2D eigenvalue weighted by Crippen LogP contribution is -2.20. The summed E-state index contributed by atoms with van der Waals surface area (Å²) < 4.78 is 40.8. The molecule has 0 saturated heterocycles. The van der Waals surface area contributed by atoms with Gasteiger partial charge in [0, 0.05) is 11.1 Å². The molecular weight excluding hydrogens is 367 g/mol. The minimum atomic E-state index is -4.63. The number of halogens is 4. The van der Waals surface area contributed by atoms with Crippen LogP contribution < -0.4 is 5.32 Å². The molecule has 3 rings (SSSR count). The van der Waals surface area contributed by atoms with E-state index >= 15 is 0 Å². The van der Waals surface area contributed by atoms with E-state index in [4.69, 9.17) is 11.6 Å². The van der Waals surface area contributed by atoms with Crippen molar-refractivity contribution in [3.63, 3.8) is 0 Å². The van der Waals surface area contributed by atoms with Gasteiger partial charge in [-0.25, -0.2) is 4.68 Å². The number of rotatable bonds is 3. The van der Waals surface area contributed by atoms with Crippen LogP contribution in [0.25, 0.3) is 5.69 Å². The second-order valence-corrected chi connectivity index (χ2v) is 6.00. The quantitative estimate of drug-likeness (QED) is 0.687. The van der Waals surface area contributed by atoms with Gasteiger partial charge in [-0.15, -0.1) is 0 Å². The van der Waals surface area contributed by atoms with E-state index in [9.17, 15) is 18.0 Å². The third-order valence-electron chi connectivity index (χ3n) is 3.60. The largest absolute Gasteiger partial charge is 0.417 e. The zero-order chi connectivity index (χ0) is 18.9. The molecular formula is C18H13ClF3N3O. The van der Waals surface area contributed by atoms with Crippen molar-refractivity contribution in [2.75, 3.05) is 5.32 Å². The van der Waals surface area contributed by atoms with E-state index in [2.05, 4.69) is 10.4 Å². The van der Waals surface area contributed by atoms with Gasteiger partial charge >= 0.3 is 6.18 Å². The minimum Gasteiger partial charge on any atom is -0.306 e. The summed E-state index contributed by atoms with van der Waals surface area (Å²) in [5.41, 5.74) is -0.297. The predicted octanol–water partition coefficient (Wildman–Crippen LogP) is 5.11. The number of hydrogen-bond acceptors (Lipinski definition) is 2. The first-order valence-corrected chi connectivity index (χ1v) is 7.93. The lowest BCUT2D eigenvalue weighted by Gasteiger charge is -2.13. The molecule has 0 saturated carbocycles. The number of alkyl halides is 3. The van der Waals surface area contributed by atoms with Crippen LogP contribution in [-0.4, -0.2) is 15.7 Å². The SMILES string of the molecule is Cc1cc(NC(=O)c2ccccc2C(F)(F)F)n(-c2cccc(Cl)c2)n1. The number of benzene rings is 2. The van der Waals surface area contributed by atoms with Gasteiger partial charge in [0.1, 0.15) is 5.82 Å². The normalized spacial score (nSPS) is 11.4. The van der Waals surface area contributed by atoms with Gasteiger partial charge in [-0.2, -0.15) is 18.3 Å². The summed E-state index contributed by atoms with van der Waals surface area (Å²) in [7, 11) is 0. The molecule has 26 heavy (non-hydrogen) atoms. The maximum atomic E-state index is 13.1. The Morgan fingerprint density at radius 3 is 2.54 bits per heavy atom. The topological polar surface area (TPSA) is 46.9 Å². The van der Waals surface area contributed by atoms with Crippen molar-refractivity contribution in [1.82, 2.24) is 9.78 Å². The number of amides is 1. The molecule has 0 radical (unpaired) electrons. The Morgan fingerprint density at radius 2 is 1.85 bits per heavy atom. The summed E-state index contributed by atoms with van der Waals surface area (Å²) in [5, 5.41) is 7.23. The molecule has 0 aliphatic heterocycles. The third kappa shape index (κ3) is 3.72. The molecule has 4 nitrogen and oxygen atoms in total. The fraction of sp³-hybridized carbons (Fsp3) is 0.111. The molecule has 0 bridgehead atoms. The van der Waals surface area contributed by atoms with Crippen molar-refractivity contribution in [3.8, 4) is 5.69 Å². The molecule has 0 atom stereocenters. The summed E-state index contributed by atoms with van der Waals surface area (Å²) in [6.07, 6.45) is -4.63. The van der Waals surface area contributed by atoms with Crippen LogP contribution in [-0.2, 0) is 6.18 Å². The van der Waals surface area contributed by atoms with Gasteiger partial charge in [0.25, 0.3) is 5.91 Å². The number of aromatic nitrogens is 2. The second kappa shape index (κ2) is 6.84. The minimum absolute atomic E-state index is 0.242. The number of carbonyl (C=O) groups excluding carboxylic acids is 1. The van der Waals surface area contributed by atoms with Crippen molar-refractivity contribution >= 4 is 23.3 Å². The molecule has 1 aromatic heterocycles. The molecule has 1 amide bonds. The Balaban J connectivity index is 1.97. The van der Waals surface area contributed by atoms with Crippen molar-refractivity contribution in [3.05, 3.63) is 76.4 Å². The highest BCUT2D eigenvalue weighted by molar-refractivity contribution is 6.30. The van der Waals surface area contributed by atoms with E-state index in [0.29, 0.717) is 16.4 Å². The van der Waals surface area contributed by atoms with Crippen molar-refractivity contribution < 1.29 is 18.0 Å². The molecule has 3 aromatic rings. The van der Waals surface area contributed by atoms with E-state index in [-0.39, 0.29) is 5.82 Å². The highest BCUT2D eigenvalue weighted by atomic mass is 35.5. The van der Waals surface area contributed by atoms with Gasteiger partial charge in [-0.1, -0.05) is 29.8 Å². The molecule has 0 spiro atoms. The van der Waals surface area contributed by atoms with Crippen LogP contribution in [0.4, 0.5) is 19.0 Å². The Bertz CT molecular complexity index is 966. The summed E-state index contributed by atoms with van der Waals surface area (Å²) in [6, 6.07) is 12.9. The molecule has 0 fully saturated rings. The standard InChI is InChI=1S/C18H13ClF3N3O/c1-11-9-16(25(24-11)13-6-4-5-12(19)10-13)23-17(26)14-7-2-3-8-15(14)18(20,21)22/h2-10H,1H3,(H,23,26). The zero-order valence-corrected chi connectivity index (χ0v) is 14.3. The molecule has 2 aromatic carbocycles. The van der Waals surface area contributed by atoms with E-state index in [1.807, 2.05) is 0 Å². The molecule has 1 heterocycles. The first kappa shape index (κ1) is 18.0. The fourth-order valence-electron chi connectivity index (χ4n) is 2.51. The van der Waals surface area contributed by atoms with Crippen molar-refractivity contribution in [2.45, 2.75) is 13.1 Å². The van der Waals surface area contributed by atoms with Crippen LogP contribution in [0.15, 0.2) is 54.6 Å². The number of nitrogens with one attached hydrogen (secondary N) is 1. The lowest BCUT2D eigenvalue weighted by molar-refractivity contribution is -0.137. The molecule has 0 aliphatic carbocycles. The number of hydrogen-bond donors (Lipinski definition) is 1. The number of nitrogens with zero attached hydrogens (tertiary/aromatic N) is 2. The Morgan fingerprint density at radius 1 is 1.12 bits per heavy atom. The Kier molecular flexibility index (Phi) is 4.73. The molecule has 0 unspecified atom stereocenters. The average Bonchev–Trinajstić information content (AvgIpc) is 2.94. The van der Waals surface area contributed by atoms with E-state index in [1.165, 1.54) is 16.8 Å². The van der Waals surface area contributed by atoms with Gasteiger partial charge in [0.2, 0.25) is 0 Å². The third-order valence-corrected chi connectivity index (χ3v) is 3.84. The highest BCUT2D eigenvalue weighted by Crippen LogP contribution is 2.32. The maximum Gasteiger partial charge on any atom is 0.417 e. The first-order chi connectivity index (χ1) is 12.3. The monoisotopic (exact) mass is 379 g/mol. The highest BCUT2D eigenvalue weighted by Gasteiger charge is 2.35. The van der Waals surface area contributed by atoms with Crippen molar-refractivity contribution in [2.24, 2.45) is 0 Å². The summed E-state index contributed by atoms with van der Waals surface area (Å²) in [6.45, 7) is 1.71. The molecule has 0 aliphatic rings. The van der Waals surface area contributed by atoms with Gasteiger partial charge in [-0.05, 0) is 37.3 Å². The summed E-state index contributed by atoms with van der Waals surface area (Å²) in [5.74, 6) is -0.632. The molecule has 1 N–H and O–H groups in total. The average molecular weight is 380 g/mol. The number of aryl methyl sites for hydroxylation is 1. The van der Waals surface area contributed by atoms with Gasteiger partial charge in [-0.3, -0.25) is 4.79 Å². The first-order valence-electron chi connectivity index (χ1n) is 7.56. The molecule has 134 valence electrons. The summed E-state index contributed by atoms with van der Waals surface area (Å²) >= 11 is 5.97. The van der Waals surface area contributed by atoms with Crippen LogP contribution in [0, 0.1) is 6.92 Å².